The molecule has 0 saturated carbocycles. The van der Waals surface area contributed by atoms with Gasteiger partial charge < -0.3 is 19.9 Å². The zero-order chi connectivity index (χ0) is 12.0. The largest absolute Gasteiger partial charge is 0.475 e. The summed E-state index contributed by atoms with van der Waals surface area (Å²) in [5.41, 5.74) is 0. The van der Waals surface area contributed by atoms with Crippen molar-refractivity contribution in [3.8, 4) is 0 Å². The lowest BCUT2D eigenvalue weighted by Gasteiger charge is -2.09. The molecule has 90 valence electrons. The fourth-order valence-electron chi connectivity index (χ4n) is 1.39. The van der Waals surface area contributed by atoms with Crippen LogP contribution < -0.4 is 5.32 Å². The molecule has 0 bridgehead atoms. The number of hydrogen-bond acceptors (Lipinski definition) is 4. The third kappa shape index (κ3) is 4.04. The summed E-state index contributed by atoms with van der Waals surface area (Å²) < 4.78 is 5.04. The van der Waals surface area contributed by atoms with E-state index in [2.05, 4.69) is 5.32 Å². The third-order valence-corrected chi connectivity index (χ3v) is 2.17. The third-order valence-electron chi connectivity index (χ3n) is 2.17. The summed E-state index contributed by atoms with van der Waals surface area (Å²) in [5.74, 6) is -0.579. The van der Waals surface area contributed by atoms with Crippen molar-refractivity contribution < 1.29 is 19.4 Å². The standard InChI is InChI=1S/C11H17NO4/c1-2-3-8(13)6-12-7-9-4-5-10(16-9)11(14)15/h4-5,8,12-13H,2-3,6-7H2,1H3,(H,14,15). The van der Waals surface area contributed by atoms with E-state index < -0.39 is 5.97 Å². The number of aliphatic hydroxyl groups is 1. The van der Waals surface area contributed by atoms with Gasteiger partial charge in [-0.3, -0.25) is 0 Å². The molecule has 1 aromatic rings. The van der Waals surface area contributed by atoms with E-state index in [1.54, 1.807) is 6.07 Å². The molecule has 1 rings (SSSR count). The number of carboxylic acid groups (broad SMARTS) is 1. The Kier molecular flexibility index (Phi) is 5.01. The van der Waals surface area contributed by atoms with Gasteiger partial charge in [-0.25, -0.2) is 4.79 Å². The van der Waals surface area contributed by atoms with Crippen LogP contribution in [0.4, 0.5) is 0 Å². The molecule has 16 heavy (non-hydrogen) atoms. The number of aliphatic hydroxyl groups excluding tert-OH is 1. The molecule has 0 aliphatic carbocycles. The number of nitrogens with one attached hydrogen (secondary N) is 1. The Morgan fingerprint density at radius 1 is 1.56 bits per heavy atom. The van der Waals surface area contributed by atoms with Crippen molar-refractivity contribution in [2.75, 3.05) is 6.54 Å². The van der Waals surface area contributed by atoms with Gasteiger partial charge >= 0.3 is 5.97 Å². The Labute approximate surface area is 94.1 Å². The van der Waals surface area contributed by atoms with E-state index in [1.807, 2.05) is 6.92 Å². The van der Waals surface area contributed by atoms with Crippen LogP contribution in [0.15, 0.2) is 16.5 Å². The molecule has 0 radical (unpaired) electrons. The summed E-state index contributed by atoms with van der Waals surface area (Å²) in [6, 6.07) is 3.03. The van der Waals surface area contributed by atoms with E-state index in [4.69, 9.17) is 9.52 Å². The lowest BCUT2D eigenvalue weighted by molar-refractivity contribution is 0.0660. The number of hydrogen-bond donors (Lipinski definition) is 3. The quantitative estimate of drug-likeness (QED) is 0.652. The second-order valence-electron chi connectivity index (χ2n) is 3.64. The van der Waals surface area contributed by atoms with Crippen LogP contribution in [0.2, 0.25) is 0 Å². The molecule has 5 heteroatoms. The summed E-state index contributed by atoms with van der Waals surface area (Å²) >= 11 is 0. The molecule has 0 aromatic carbocycles. The monoisotopic (exact) mass is 227 g/mol. The van der Waals surface area contributed by atoms with Crippen molar-refractivity contribution in [2.45, 2.75) is 32.4 Å². The first-order valence-corrected chi connectivity index (χ1v) is 5.34. The molecule has 0 aliphatic rings. The second kappa shape index (κ2) is 6.30. The summed E-state index contributed by atoms with van der Waals surface area (Å²) in [7, 11) is 0. The molecule has 5 nitrogen and oxygen atoms in total. The average Bonchev–Trinajstić information content (AvgIpc) is 2.67. The van der Waals surface area contributed by atoms with Gasteiger partial charge in [-0.05, 0) is 18.6 Å². The minimum Gasteiger partial charge on any atom is -0.475 e. The minimum atomic E-state index is -1.07. The van der Waals surface area contributed by atoms with Gasteiger partial charge in [-0.1, -0.05) is 13.3 Å². The molecule has 0 spiro atoms. The number of carbonyl (C=O) groups is 1. The Hall–Kier alpha value is -1.33. The first-order valence-electron chi connectivity index (χ1n) is 5.34. The second-order valence-corrected chi connectivity index (χ2v) is 3.64. The van der Waals surface area contributed by atoms with Crippen molar-refractivity contribution in [3.63, 3.8) is 0 Å². The SMILES string of the molecule is CCCC(O)CNCc1ccc(C(=O)O)o1. The lowest BCUT2D eigenvalue weighted by Crippen LogP contribution is -2.25. The molecule has 1 unspecified atom stereocenters. The molecule has 0 aliphatic heterocycles. The van der Waals surface area contributed by atoms with Crippen LogP contribution in [0.3, 0.4) is 0 Å². The summed E-state index contributed by atoms with van der Waals surface area (Å²) in [5, 5.41) is 21.1. The normalized spacial score (nSPS) is 12.6. The van der Waals surface area contributed by atoms with E-state index >= 15 is 0 Å². The predicted molar refractivity (Wildman–Crippen MR) is 58.3 cm³/mol. The van der Waals surface area contributed by atoms with Gasteiger partial charge in [0.2, 0.25) is 5.76 Å². The first-order chi connectivity index (χ1) is 7.63. The average molecular weight is 227 g/mol. The molecule has 0 fully saturated rings. The molecule has 1 heterocycles. The predicted octanol–water partition coefficient (Wildman–Crippen LogP) is 1.23. The molecule has 1 atom stereocenters. The van der Waals surface area contributed by atoms with E-state index in [9.17, 15) is 9.90 Å². The lowest BCUT2D eigenvalue weighted by atomic mass is 10.2. The van der Waals surface area contributed by atoms with E-state index in [-0.39, 0.29) is 11.9 Å². The number of aromatic carboxylic acids is 1. The van der Waals surface area contributed by atoms with Crippen molar-refractivity contribution in [1.82, 2.24) is 5.32 Å². The highest BCUT2D eigenvalue weighted by Crippen LogP contribution is 2.07. The van der Waals surface area contributed by atoms with Crippen LogP contribution in [0.25, 0.3) is 0 Å². The van der Waals surface area contributed by atoms with Crippen molar-refractivity contribution in [3.05, 3.63) is 23.7 Å². The zero-order valence-electron chi connectivity index (χ0n) is 9.27. The van der Waals surface area contributed by atoms with Gasteiger partial charge in [0.15, 0.2) is 0 Å². The van der Waals surface area contributed by atoms with Crippen LogP contribution >= 0.6 is 0 Å². The maximum absolute atomic E-state index is 10.5. The fourth-order valence-corrected chi connectivity index (χ4v) is 1.39. The van der Waals surface area contributed by atoms with Crippen LogP contribution in [0.5, 0.6) is 0 Å². The first kappa shape index (κ1) is 12.7. The summed E-state index contributed by atoms with van der Waals surface area (Å²) in [6.45, 7) is 2.92. The van der Waals surface area contributed by atoms with Gasteiger partial charge in [-0.15, -0.1) is 0 Å². The van der Waals surface area contributed by atoms with E-state index in [1.165, 1.54) is 6.07 Å². The molecular weight excluding hydrogens is 210 g/mol. The highest BCUT2D eigenvalue weighted by atomic mass is 16.4. The van der Waals surface area contributed by atoms with E-state index in [0.29, 0.717) is 18.8 Å². The fraction of sp³-hybridized carbons (Fsp3) is 0.545. The van der Waals surface area contributed by atoms with Crippen LogP contribution in [0.1, 0.15) is 36.1 Å². The smallest absolute Gasteiger partial charge is 0.371 e. The van der Waals surface area contributed by atoms with Gasteiger partial charge in [0, 0.05) is 6.54 Å². The topological polar surface area (TPSA) is 82.7 Å². The Bertz CT molecular complexity index is 334. The zero-order valence-corrected chi connectivity index (χ0v) is 9.27. The maximum Gasteiger partial charge on any atom is 0.371 e. The van der Waals surface area contributed by atoms with Crippen LogP contribution in [0, 0.1) is 0 Å². The van der Waals surface area contributed by atoms with Crippen molar-refractivity contribution in [1.29, 1.82) is 0 Å². The van der Waals surface area contributed by atoms with Gasteiger partial charge in [0.25, 0.3) is 0 Å². The summed E-state index contributed by atoms with van der Waals surface area (Å²) in [6.07, 6.45) is 1.33. The van der Waals surface area contributed by atoms with Crippen LogP contribution in [-0.2, 0) is 6.54 Å². The summed E-state index contributed by atoms with van der Waals surface area (Å²) in [4.78, 5) is 10.5. The number of furan rings is 1. The van der Waals surface area contributed by atoms with E-state index in [0.717, 1.165) is 12.8 Å². The highest BCUT2D eigenvalue weighted by molar-refractivity contribution is 5.84. The van der Waals surface area contributed by atoms with Crippen LogP contribution in [-0.4, -0.2) is 28.8 Å². The molecule has 0 amide bonds. The maximum atomic E-state index is 10.5. The molecule has 0 saturated heterocycles. The number of rotatable bonds is 7. The van der Waals surface area contributed by atoms with Crippen molar-refractivity contribution in [2.24, 2.45) is 0 Å². The minimum absolute atomic E-state index is 0.0640. The molecular formula is C11H17NO4. The Morgan fingerprint density at radius 3 is 2.88 bits per heavy atom. The Morgan fingerprint density at radius 2 is 2.31 bits per heavy atom. The van der Waals surface area contributed by atoms with Gasteiger partial charge in [0.1, 0.15) is 5.76 Å². The Balaban J connectivity index is 2.29. The number of carboxylic acids is 1. The highest BCUT2D eigenvalue weighted by Gasteiger charge is 2.09. The molecule has 3 N–H and O–H groups in total. The van der Waals surface area contributed by atoms with Crippen molar-refractivity contribution >= 4 is 5.97 Å². The van der Waals surface area contributed by atoms with Gasteiger partial charge in [-0.2, -0.15) is 0 Å². The molecule has 1 aromatic heterocycles. The van der Waals surface area contributed by atoms with Gasteiger partial charge in [0.05, 0.1) is 12.6 Å².